The van der Waals surface area contributed by atoms with E-state index in [1.54, 1.807) is 11.9 Å². The first-order valence-corrected chi connectivity index (χ1v) is 6.51. The summed E-state index contributed by atoms with van der Waals surface area (Å²) in [4.78, 5) is 14.1. The van der Waals surface area contributed by atoms with Gasteiger partial charge in [-0.15, -0.1) is 0 Å². The van der Waals surface area contributed by atoms with Gasteiger partial charge >= 0.3 is 0 Å². The predicted octanol–water partition coefficient (Wildman–Crippen LogP) is 2.82. The lowest BCUT2D eigenvalue weighted by Crippen LogP contribution is -2.38. The molecule has 0 radical (unpaired) electrons. The van der Waals surface area contributed by atoms with E-state index < -0.39 is 6.10 Å². The highest BCUT2D eigenvalue weighted by molar-refractivity contribution is 6.00. The lowest BCUT2D eigenvalue weighted by atomic mass is 10.1. The standard InChI is InChI=1S/C16H16N2O2/c1-17-12-9-7-11(8-10-12)15-16(19)18(2)13-5-3-4-6-14(13)20-15/h3-10,15,17H,1-2H3. The number of fused-ring (bicyclic) bond motifs is 1. The van der Waals surface area contributed by atoms with Crippen molar-refractivity contribution in [2.45, 2.75) is 6.10 Å². The Labute approximate surface area is 118 Å². The summed E-state index contributed by atoms with van der Waals surface area (Å²) in [5.74, 6) is 0.679. The van der Waals surface area contributed by atoms with Gasteiger partial charge in [-0.3, -0.25) is 4.79 Å². The number of para-hydroxylation sites is 2. The quantitative estimate of drug-likeness (QED) is 0.910. The summed E-state index contributed by atoms with van der Waals surface area (Å²) in [5.41, 5.74) is 2.67. The topological polar surface area (TPSA) is 41.6 Å². The number of anilines is 2. The van der Waals surface area contributed by atoms with Crippen LogP contribution < -0.4 is 15.0 Å². The number of carbonyl (C=O) groups excluding carboxylic acids is 1. The fraction of sp³-hybridized carbons (Fsp3) is 0.188. The molecule has 102 valence electrons. The summed E-state index contributed by atoms with van der Waals surface area (Å²) < 4.78 is 5.86. The molecule has 1 amide bonds. The van der Waals surface area contributed by atoms with Crippen LogP contribution in [-0.4, -0.2) is 20.0 Å². The smallest absolute Gasteiger partial charge is 0.272 e. The zero-order chi connectivity index (χ0) is 14.1. The third kappa shape index (κ3) is 1.99. The van der Waals surface area contributed by atoms with E-state index in [1.165, 1.54) is 0 Å². The number of nitrogens with one attached hydrogen (secondary N) is 1. The van der Waals surface area contributed by atoms with Gasteiger partial charge in [0, 0.05) is 25.3 Å². The summed E-state index contributed by atoms with van der Waals surface area (Å²) >= 11 is 0. The van der Waals surface area contributed by atoms with Crippen molar-refractivity contribution in [2.75, 3.05) is 24.3 Å². The number of likely N-dealkylation sites (N-methyl/N-ethyl adjacent to an activating group) is 1. The maximum atomic E-state index is 12.4. The second-order valence-electron chi connectivity index (χ2n) is 4.73. The summed E-state index contributed by atoms with van der Waals surface area (Å²) in [6.45, 7) is 0. The van der Waals surface area contributed by atoms with Crippen molar-refractivity contribution in [3.63, 3.8) is 0 Å². The van der Waals surface area contributed by atoms with Crippen molar-refractivity contribution in [3.05, 3.63) is 54.1 Å². The average molecular weight is 268 g/mol. The Morgan fingerprint density at radius 1 is 1.10 bits per heavy atom. The van der Waals surface area contributed by atoms with E-state index in [-0.39, 0.29) is 5.91 Å². The van der Waals surface area contributed by atoms with Crippen molar-refractivity contribution in [3.8, 4) is 5.75 Å². The van der Waals surface area contributed by atoms with Crippen LogP contribution in [0.15, 0.2) is 48.5 Å². The fourth-order valence-corrected chi connectivity index (χ4v) is 2.34. The van der Waals surface area contributed by atoms with Crippen LogP contribution in [0.3, 0.4) is 0 Å². The highest BCUT2D eigenvalue weighted by Gasteiger charge is 2.33. The lowest BCUT2D eigenvalue weighted by molar-refractivity contribution is -0.126. The van der Waals surface area contributed by atoms with E-state index >= 15 is 0 Å². The molecule has 1 aliphatic rings. The molecule has 3 rings (SSSR count). The summed E-state index contributed by atoms with van der Waals surface area (Å²) in [6.07, 6.45) is -0.583. The van der Waals surface area contributed by atoms with Crippen LogP contribution >= 0.6 is 0 Å². The van der Waals surface area contributed by atoms with Gasteiger partial charge in [-0.25, -0.2) is 0 Å². The van der Waals surface area contributed by atoms with Gasteiger partial charge in [0.25, 0.3) is 5.91 Å². The average Bonchev–Trinajstić information content (AvgIpc) is 2.51. The zero-order valence-corrected chi connectivity index (χ0v) is 11.5. The third-order valence-corrected chi connectivity index (χ3v) is 3.53. The Bertz CT molecular complexity index is 637. The normalized spacial score (nSPS) is 17.4. The lowest BCUT2D eigenvalue weighted by Gasteiger charge is -2.32. The minimum absolute atomic E-state index is 0.0547. The molecule has 0 aromatic heterocycles. The van der Waals surface area contributed by atoms with Gasteiger partial charge in [-0.1, -0.05) is 24.3 Å². The Hall–Kier alpha value is -2.49. The van der Waals surface area contributed by atoms with E-state index in [9.17, 15) is 4.79 Å². The SMILES string of the molecule is CNc1ccc(C2Oc3ccccc3N(C)C2=O)cc1. The first-order chi connectivity index (χ1) is 9.70. The highest BCUT2D eigenvalue weighted by Crippen LogP contribution is 2.37. The molecule has 1 atom stereocenters. The summed E-state index contributed by atoms with van der Waals surface area (Å²) in [5, 5.41) is 3.06. The molecule has 2 aromatic carbocycles. The molecule has 1 heterocycles. The minimum Gasteiger partial charge on any atom is -0.474 e. The van der Waals surface area contributed by atoms with E-state index in [1.807, 2.05) is 55.6 Å². The van der Waals surface area contributed by atoms with Crippen LogP contribution in [-0.2, 0) is 4.79 Å². The van der Waals surface area contributed by atoms with Gasteiger partial charge < -0.3 is 15.0 Å². The van der Waals surface area contributed by atoms with Gasteiger partial charge in [0.1, 0.15) is 5.75 Å². The Morgan fingerprint density at radius 3 is 2.50 bits per heavy atom. The molecular weight excluding hydrogens is 252 g/mol. The second kappa shape index (κ2) is 4.89. The van der Waals surface area contributed by atoms with Gasteiger partial charge in [0.2, 0.25) is 6.10 Å². The van der Waals surface area contributed by atoms with E-state index in [4.69, 9.17) is 4.74 Å². The van der Waals surface area contributed by atoms with Crippen molar-refractivity contribution in [2.24, 2.45) is 0 Å². The zero-order valence-electron chi connectivity index (χ0n) is 11.5. The number of ether oxygens (including phenoxy) is 1. The van der Waals surface area contributed by atoms with Crippen LogP contribution in [0.4, 0.5) is 11.4 Å². The van der Waals surface area contributed by atoms with Crippen molar-refractivity contribution < 1.29 is 9.53 Å². The first-order valence-electron chi connectivity index (χ1n) is 6.51. The summed E-state index contributed by atoms with van der Waals surface area (Å²) in [6, 6.07) is 15.3. The molecule has 1 N–H and O–H groups in total. The van der Waals surface area contributed by atoms with Gasteiger partial charge in [-0.2, -0.15) is 0 Å². The molecule has 1 unspecified atom stereocenters. The summed E-state index contributed by atoms with van der Waals surface area (Å²) in [7, 11) is 3.64. The van der Waals surface area contributed by atoms with Crippen molar-refractivity contribution >= 4 is 17.3 Å². The van der Waals surface area contributed by atoms with E-state index in [2.05, 4.69) is 5.32 Å². The molecule has 4 nitrogen and oxygen atoms in total. The molecule has 0 spiro atoms. The highest BCUT2D eigenvalue weighted by atomic mass is 16.5. The number of amides is 1. The monoisotopic (exact) mass is 268 g/mol. The van der Waals surface area contributed by atoms with E-state index in [0.717, 1.165) is 22.7 Å². The molecule has 0 bridgehead atoms. The molecule has 0 fully saturated rings. The Kier molecular flexibility index (Phi) is 3.06. The van der Waals surface area contributed by atoms with Crippen molar-refractivity contribution in [1.29, 1.82) is 0 Å². The molecule has 0 aliphatic carbocycles. The maximum absolute atomic E-state index is 12.4. The molecule has 0 saturated carbocycles. The molecule has 4 heteroatoms. The Morgan fingerprint density at radius 2 is 1.80 bits per heavy atom. The largest absolute Gasteiger partial charge is 0.474 e. The number of benzene rings is 2. The number of hydrogen-bond acceptors (Lipinski definition) is 3. The minimum atomic E-state index is -0.583. The molecule has 20 heavy (non-hydrogen) atoms. The second-order valence-corrected chi connectivity index (χ2v) is 4.73. The van der Waals surface area contributed by atoms with Crippen LogP contribution in [0, 0.1) is 0 Å². The molecule has 2 aromatic rings. The molecule has 0 saturated heterocycles. The maximum Gasteiger partial charge on any atom is 0.272 e. The number of nitrogens with zero attached hydrogens (tertiary/aromatic N) is 1. The van der Waals surface area contributed by atoms with E-state index in [0.29, 0.717) is 0 Å². The number of carbonyl (C=O) groups is 1. The molecule has 1 aliphatic heterocycles. The fourth-order valence-electron chi connectivity index (χ4n) is 2.34. The number of hydrogen-bond donors (Lipinski definition) is 1. The van der Waals surface area contributed by atoms with Gasteiger partial charge in [0.05, 0.1) is 5.69 Å². The van der Waals surface area contributed by atoms with Crippen LogP contribution in [0.2, 0.25) is 0 Å². The van der Waals surface area contributed by atoms with Crippen LogP contribution in [0.1, 0.15) is 11.7 Å². The Balaban J connectivity index is 1.97. The van der Waals surface area contributed by atoms with Gasteiger partial charge in [0.15, 0.2) is 0 Å². The van der Waals surface area contributed by atoms with Crippen molar-refractivity contribution in [1.82, 2.24) is 0 Å². The van der Waals surface area contributed by atoms with Crippen LogP contribution in [0.25, 0.3) is 0 Å². The number of rotatable bonds is 2. The first kappa shape index (κ1) is 12.5. The van der Waals surface area contributed by atoms with Gasteiger partial charge in [-0.05, 0) is 24.3 Å². The predicted molar refractivity (Wildman–Crippen MR) is 79.2 cm³/mol. The third-order valence-electron chi connectivity index (χ3n) is 3.53. The van der Waals surface area contributed by atoms with Crippen LogP contribution in [0.5, 0.6) is 5.75 Å². The molecular formula is C16H16N2O2.